The first kappa shape index (κ1) is 28.0. The van der Waals surface area contributed by atoms with E-state index >= 15 is 0 Å². The lowest BCUT2D eigenvalue weighted by molar-refractivity contribution is -0.111. The number of unbranched alkanes of at least 4 members (excludes halogenated alkanes) is 3. The monoisotopic (exact) mass is 521 g/mol. The van der Waals surface area contributed by atoms with Gasteiger partial charge in [0.05, 0.1) is 20.8 Å². The minimum atomic E-state index is -0.495. The summed E-state index contributed by atoms with van der Waals surface area (Å²) in [4.78, 5) is 25.3. The minimum absolute atomic E-state index is 0.348. The maximum Gasteiger partial charge on any atom is 0.341 e. The molecule has 1 aromatic heterocycles. The molecule has 2 aromatic carbocycles. The molecule has 3 aromatic rings. The topological polar surface area (TPSA) is 73.9 Å². The molecular weight excluding hydrogens is 486 g/mol. The molecule has 0 saturated carbocycles. The predicted molar refractivity (Wildman–Crippen MR) is 151 cm³/mol. The van der Waals surface area contributed by atoms with Gasteiger partial charge in [0.25, 0.3) is 0 Å². The molecule has 0 aliphatic heterocycles. The number of rotatable bonds is 13. The lowest BCUT2D eigenvalue weighted by atomic mass is 10.0. The van der Waals surface area contributed by atoms with E-state index in [1.165, 1.54) is 42.9 Å². The molecule has 0 atom stereocenters. The summed E-state index contributed by atoms with van der Waals surface area (Å²) in [6, 6.07) is 13.6. The van der Waals surface area contributed by atoms with Crippen LogP contribution in [0, 0.1) is 0 Å². The molecule has 0 radical (unpaired) electrons. The van der Waals surface area contributed by atoms with Crippen LogP contribution in [-0.4, -0.2) is 32.7 Å². The average Bonchev–Trinajstić information content (AvgIpc) is 3.34. The van der Waals surface area contributed by atoms with Gasteiger partial charge < -0.3 is 19.5 Å². The van der Waals surface area contributed by atoms with Crippen LogP contribution in [0.15, 0.2) is 53.9 Å². The molecule has 196 valence electrons. The highest BCUT2D eigenvalue weighted by Gasteiger charge is 2.22. The Morgan fingerprint density at radius 3 is 2.43 bits per heavy atom. The lowest BCUT2D eigenvalue weighted by Gasteiger charge is -2.11. The van der Waals surface area contributed by atoms with Crippen molar-refractivity contribution in [2.45, 2.75) is 46.0 Å². The summed E-state index contributed by atoms with van der Waals surface area (Å²) in [7, 11) is 2.93. The maximum absolute atomic E-state index is 12.7. The number of amides is 1. The van der Waals surface area contributed by atoms with E-state index in [-0.39, 0.29) is 5.91 Å². The number of nitrogens with one attached hydrogen (secondary N) is 1. The Labute approximate surface area is 223 Å². The van der Waals surface area contributed by atoms with Crippen LogP contribution in [-0.2, 0) is 16.0 Å². The van der Waals surface area contributed by atoms with Crippen LogP contribution in [0.1, 0.15) is 61.0 Å². The number of aryl methyl sites for hydroxylation is 1. The molecule has 0 bridgehead atoms. The molecule has 6 nitrogen and oxygen atoms in total. The fourth-order valence-corrected chi connectivity index (χ4v) is 4.79. The molecule has 7 heteroatoms. The van der Waals surface area contributed by atoms with Gasteiger partial charge in [0.2, 0.25) is 5.91 Å². The molecule has 1 heterocycles. The van der Waals surface area contributed by atoms with Crippen LogP contribution in [0.2, 0.25) is 0 Å². The van der Waals surface area contributed by atoms with E-state index in [0.717, 1.165) is 36.0 Å². The second-order valence-corrected chi connectivity index (χ2v) is 9.42. The number of carbonyl (C=O) groups is 2. The number of hydrogen-bond donors (Lipinski definition) is 1. The van der Waals surface area contributed by atoms with Gasteiger partial charge in [-0.05, 0) is 47.7 Å². The predicted octanol–water partition coefficient (Wildman–Crippen LogP) is 7.38. The van der Waals surface area contributed by atoms with Crippen LogP contribution in [0.4, 0.5) is 5.00 Å². The van der Waals surface area contributed by atoms with Gasteiger partial charge in [0.15, 0.2) is 11.5 Å². The van der Waals surface area contributed by atoms with Gasteiger partial charge in [-0.1, -0.05) is 63.4 Å². The number of anilines is 1. The standard InChI is InChI=1S/C30H35NO5S/c1-5-7-8-9-18-36-25-16-12-22(19-26(25)34-3)13-17-27(32)31-29-28(30(33)35-4)24(20-37-29)23-14-10-21(6-2)11-15-23/h10-17,19-20H,5-9,18H2,1-4H3,(H,31,32)/b17-13+. The summed E-state index contributed by atoms with van der Waals surface area (Å²) in [6.07, 6.45) is 8.58. The van der Waals surface area contributed by atoms with Crippen LogP contribution in [0.5, 0.6) is 11.5 Å². The molecule has 0 spiro atoms. The molecule has 0 unspecified atom stereocenters. The zero-order valence-corrected chi connectivity index (χ0v) is 22.8. The first-order chi connectivity index (χ1) is 18.0. The number of benzene rings is 2. The van der Waals surface area contributed by atoms with Crippen molar-refractivity contribution in [2.24, 2.45) is 0 Å². The molecular formula is C30H35NO5S. The zero-order chi connectivity index (χ0) is 26.6. The van der Waals surface area contributed by atoms with Gasteiger partial charge in [-0.3, -0.25) is 4.79 Å². The van der Waals surface area contributed by atoms with Crippen LogP contribution in [0.3, 0.4) is 0 Å². The van der Waals surface area contributed by atoms with E-state index in [2.05, 4.69) is 19.2 Å². The number of hydrogen-bond acceptors (Lipinski definition) is 6. The summed E-state index contributed by atoms with van der Waals surface area (Å²) >= 11 is 1.29. The van der Waals surface area contributed by atoms with Gasteiger partial charge in [-0.25, -0.2) is 4.79 Å². The van der Waals surface area contributed by atoms with Crippen molar-refractivity contribution >= 4 is 34.3 Å². The first-order valence-electron chi connectivity index (χ1n) is 12.6. The lowest BCUT2D eigenvalue weighted by Crippen LogP contribution is -2.11. The Kier molecular flexibility index (Phi) is 10.8. The quantitative estimate of drug-likeness (QED) is 0.144. The number of methoxy groups -OCH3 is 2. The third kappa shape index (κ3) is 7.70. The van der Waals surface area contributed by atoms with E-state index in [1.54, 1.807) is 13.2 Å². The van der Waals surface area contributed by atoms with E-state index in [4.69, 9.17) is 14.2 Å². The van der Waals surface area contributed by atoms with Crippen LogP contribution >= 0.6 is 11.3 Å². The number of thiophene rings is 1. The molecule has 37 heavy (non-hydrogen) atoms. The van der Waals surface area contributed by atoms with Gasteiger partial charge in [0.1, 0.15) is 10.6 Å². The normalized spacial score (nSPS) is 10.9. The first-order valence-corrected chi connectivity index (χ1v) is 13.5. The zero-order valence-electron chi connectivity index (χ0n) is 22.0. The Morgan fingerprint density at radius 2 is 1.76 bits per heavy atom. The van der Waals surface area contributed by atoms with Gasteiger partial charge in [-0.2, -0.15) is 0 Å². The molecule has 0 saturated heterocycles. The fraction of sp³-hybridized carbons (Fsp3) is 0.333. The number of ether oxygens (including phenoxy) is 3. The summed E-state index contributed by atoms with van der Waals surface area (Å²) < 4.78 is 16.3. The molecule has 0 aliphatic rings. The van der Waals surface area contributed by atoms with E-state index in [0.29, 0.717) is 28.7 Å². The average molecular weight is 522 g/mol. The molecule has 1 amide bonds. The van der Waals surface area contributed by atoms with E-state index in [1.807, 2.05) is 47.8 Å². The maximum atomic E-state index is 12.7. The fourth-order valence-electron chi connectivity index (χ4n) is 3.83. The molecule has 0 fully saturated rings. The van der Waals surface area contributed by atoms with Crippen molar-refractivity contribution in [1.29, 1.82) is 0 Å². The van der Waals surface area contributed by atoms with Gasteiger partial charge in [-0.15, -0.1) is 11.3 Å². The van der Waals surface area contributed by atoms with Crippen molar-refractivity contribution < 1.29 is 23.8 Å². The second kappa shape index (κ2) is 14.2. The van der Waals surface area contributed by atoms with Crippen molar-refractivity contribution in [3.05, 3.63) is 70.6 Å². The molecule has 1 N–H and O–H groups in total. The van der Waals surface area contributed by atoms with Crippen molar-refractivity contribution in [1.82, 2.24) is 0 Å². The highest BCUT2D eigenvalue weighted by atomic mass is 32.1. The third-order valence-electron chi connectivity index (χ3n) is 5.96. The van der Waals surface area contributed by atoms with E-state index in [9.17, 15) is 9.59 Å². The number of carbonyl (C=O) groups excluding carboxylic acids is 2. The largest absolute Gasteiger partial charge is 0.493 e. The second-order valence-electron chi connectivity index (χ2n) is 8.54. The Bertz CT molecular complexity index is 1210. The number of esters is 1. The highest BCUT2D eigenvalue weighted by molar-refractivity contribution is 7.15. The van der Waals surface area contributed by atoms with Crippen molar-refractivity contribution in [2.75, 3.05) is 26.1 Å². The Balaban J connectivity index is 1.71. The van der Waals surface area contributed by atoms with Crippen molar-refractivity contribution in [3.8, 4) is 22.6 Å². The Morgan fingerprint density at radius 1 is 0.973 bits per heavy atom. The SMILES string of the molecule is CCCCCCOc1ccc(/C=C/C(=O)Nc2scc(-c3ccc(CC)cc3)c2C(=O)OC)cc1OC. The molecule has 0 aliphatic carbocycles. The van der Waals surface area contributed by atoms with Gasteiger partial charge >= 0.3 is 5.97 Å². The Hall–Kier alpha value is -3.58. The molecule has 3 rings (SSSR count). The highest BCUT2D eigenvalue weighted by Crippen LogP contribution is 2.36. The third-order valence-corrected chi connectivity index (χ3v) is 6.86. The van der Waals surface area contributed by atoms with Gasteiger partial charge in [0, 0.05) is 17.0 Å². The van der Waals surface area contributed by atoms with Crippen LogP contribution in [0.25, 0.3) is 17.2 Å². The summed E-state index contributed by atoms with van der Waals surface area (Å²) in [5.74, 6) is 0.449. The summed E-state index contributed by atoms with van der Waals surface area (Å²) in [5.41, 5.74) is 3.97. The minimum Gasteiger partial charge on any atom is -0.493 e. The summed E-state index contributed by atoms with van der Waals surface area (Å²) in [6.45, 7) is 4.91. The smallest absolute Gasteiger partial charge is 0.341 e. The summed E-state index contributed by atoms with van der Waals surface area (Å²) in [5, 5.41) is 5.13. The van der Waals surface area contributed by atoms with Crippen molar-refractivity contribution in [3.63, 3.8) is 0 Å². The van der Waals surface area contributed by atoms with Crippen LogP contribution < -0.4 is 14.8 Å². The van der Waals surface area contributed by atoms with E-state index < -0.39 is 5.97 Å².